The third kappa shape index (κ3) is 3.91. The topological polar surface area (TPSA) is 81.9 Å². The van der Waals surface area contributed by atoms with Crippen LogP contribution >= 0.6 is 0 Å². The Hall–Kier alpha value is -2.65. The van der Waals surface area contributed by atoms with E-state index < -0.39 is 18.7 Å². The number of anilines is 1. The van der Waals surface area contributed by atoms with Crippen LogP contribution in [0.25, 0.3) is 0 Å². The predicted octanol–water partition coefficient (Wildman–Crippen LogP) is 1.40. The maximum absolute atomic E-state index is 12.2. The molecule has 2 rings (SSSR count). The Labute approximate surface area is 116 Å². The second-order valence-electron chi connectivity index (χ2n) is 3.92. The van der Waals surface area contributed by atoms with Crippen LogP contribution in [0.1, 0.15) is 10.5 Å². The predicted molar refractivity (Wildman–Crippen MR) is 64.7 cm³/mol. The fourth-order valence-corrected chi connectivity index (χ4v) is 1.41. The summed E-state index contributed by atoms with van der Waals surface area (Å²) in [5, 5.41) is 6.12. The molecule has 1 amide bonds. The first-order valence-electron chi connectivity index (χ1n) is 5.67. The molecule has 0 aliphatic rings. The molecule has 0 atom stereocenters. The lowest BCUT2D eigenvalue weighted by atomic mass is 10.3. The van der Waals surface area contributed by atoms with Gasteiger partial charge in [-0.15, -0.1) is 0 Å². The average Bonchev–Trinajstić information content (AvgIpc) is 2.81. The van der Waals surface area contributed by atoms with Crippen molar-refractivity contribution < 1.29 is 22.7 Å². The van der Waals surface area contributed by atoms with Gasteiger partial charge in [-0.25, -0.2) is 9.67 Å². The Morgan fingerprint density at radius 2 is 2.19 bits per heavy atom. The zero-order valence-electron chi connectivity index (χ0n) is 10.8. The Bertz CT molecular complexity index is 641. The number of hydrogen-bond donors (Lipinski definition) is 1. The van der Waals surface area contributed by atoms with E-state index in [1.54, 1.807) is 7.05 Å². The van der Waals surface area contributed by atoms with Crippen LogP contribution in [0.15, 0.2) is 24.7 Å². The summed E-state index contributed by atoms with van der Waals surface area (Å²) < 4.78 is 42.4. The molecule has 2 aromatic heterocycles. The van der Waals surface area contributed by atoms with Crippen LogP contribution in [0.3, 0.4) is 0 Å². The lowest BCUT2D eigenvalue weighted by Crippen LogP contribution is -2.22. The van der Waals surface area contributed by atoms with Crippen molar-refractivity contribution in [3.63, 3.8) is 0 Å². The van der Waals surface area contributed by atoms with Crippen LogP contribution in [-0.4, -0.2) is 38.4 Å². The lowest BCUT2D eigenvalue weighted by molar-refractivity contribution is -0.153. The molecule has 0 aliphatic heterocycles. The van der Waals surface area contributed by atoms with Crippen molar-refractivity contribution in [1.29, 1.82) is 0 Å². The number of aromatic nitrogens is 4. The molecule has 2 aromatic rings. The van der Waals surface area contributed by atoms with E-state index in [4.69, 9.17) is 0 Å². The van der Waals surface area contributed by atoms with Crippen molar-refractivity contribution in [2.75, 3.05) is 11.9 Å². The summed E-state index contributed by atoms with van der Waals surface area (Å²) in [7, 11) is 1.54. The maximum Gasteiger partial charge on any atom is 0.422 e. The van der Waals surface area contributed by atoms with Gasteiger partial charge in [0.1, 0.15) is 6.33 Å². The molecule has 0 radical (unpaired) electrons. The standard InChI is InChI=1S/C11H10F3N5O2/c1-19-10(16-6-17-19)18-9(20)8-7(3-2-4-15-8)21-5-11(12,13)14/h2-4,6H,5H2,1H3,(H,16,17,18,20). The molecular weight excluding hydrogens is 291 g/mol. The van der Waals surface area contributed by atoms with Crippen LogP contribution < -0.4 is 10.1 Å². The first kappa shape index (κ1) is 14.8. The summed E-state index contributed by atoms with van der Waals surface area (Å²) in [5.74, 6) is -0.884. The average molecular weight is 301 g/mol. The number of nitrogens with one attached hydrogen (secondary N) is 1. The SMILES string of the molecule is Cn1ncnc1NC(=O)c1ncccc1OCC(F)(F)F. The Balaban J connectivity index is 2.15. The molecule has 0 aromatic carbocycles. The summed E-state index contributed by atoms with van der Waals surface area (Å²) in [6.07, 6.45) is -2.02. The Morgan fingerprint density at radius 1 is 1.43 bits per heavy atom. The van der Waals surface area contributed by atoms with E-state index in [0.29, 0.717) is 0 Å². The van der Waals surface area contributed by atoms with Crippen molar-refractivity contribution >= 4 is 11.9 Å². The number of amides is 1. The number of nitrogens with zero attached hydrogens (tertiary/aromatic N) is 4. The van der Waals surface area contributed by atoms with Gasteiger partial charge in [0.05, 0.1) is 0 Å². The summed E-state index contributed by atoms with van der Waals surface area (Å²) in [6.45, 7) is -1.51. The highest BCUT2D eigenvalue weighted by molar-refractivity contribution is 6.03. The summed E-state index contributed by atoms with van der Waals surface area (Å²) in [4.78, 5) is 19.5. The fourth-order valence-electron chi connectivity index (χ4n) is 1.41. The second kappa shape index (κ2) is 5.77. The van der Waals surface area contributed by atoms with Gasteiger partial charge in [0.2, 0.25) is 5.95 Å². The van der Waals surface area contributed by atoms with Crippen molar-refractivity contribution in [1.82, 2.24) is 19.7 Å². The Morgan fingerprint density at radius 3 is 2.81 bits per heavy atom. The summed E-state index contributed by atoms with van der Waals surface area (Å²) in [5.41, 5.74) is -0.273. The number of carbonyl (C=O) groups is 1. The van der Waals surface area contributed by atoms with Crippen molar-refractivity contribution in [3.05, 3.63) is 30.4 Å². The van der Waals surface area contributed by atoms with Gasteiger partial charge in [0.15, 0.2) is 18.1 Å². The van der Waals surface area contributed by atoms with Crippen LogP contribution in [0.5, 0.6) is 5.75 Å². The number of alkyl halides is 3. The molecule has 0 unspecified atom stereocenters. The van der Waals surface area contributed by atoms with E-state index >= 15 is 0 Å². The van der Waals surface area contributed by atoms with Crippen molar-refractivity contribution in [2.24, 2.45) is 7.05 Å². The number of hydrogen-bond acceptors (Lipinski definition) is 5. The molecule has 21 heavy (non-hydrogen) atoms. The van der Waals surface area contributed by atoms with Gasteiger partial charge in [-0.1, -0.05) is 0 Å². The van der Waals surface area contributed by atoms with E-state index in [9.17, 15) is 18.0 Å². The van der Waals surface area contributed by atoms with Gasteiger partial charge >= 0.3 is 6.18 Å². The molecule has 1 N–H and O–H groups in total. The lowest BCUT2D eigenvalue weighted by Gasteiger charge is -2.11. The van der Waals surface area contributed by atoms with Gasteiger partial charge in [0, 0.05) is 13.2 Å². The second-order valence-corrected chi connectivity index (χ2v) is 3.92. The van der Waals surface area contributed by atoms with E-state index in [-0.39, 0.29) is 17.4 Å². The zero-order chi connectivity index (χ0) is 15.5. The minimum absolute atomic E-state index is 0.132. The van der Waals surface area contributed by atoms with Gasteiger partial charge < -0.3 is 4.74 Å². The van der Waals surface area contributed by atoms with Gasteiger partial charge in [-0.3, -0.25) is 10.1 Å². The molecule has 0 fully saturated rings. The highest BCUT2D eigenvalue weighted by Gasteiger charge is 2.29. The molecule has 0 saturated heterocycles. The third-order valence-corrected chi connectivity index (χ3v) is 2.31. The van der Waals surface area contributed by atoms with Crippen LogP contribution in [-0.2, 0) is 7.05 Å². The molecular formula is C11H10F3N5O2. The maximum atomic E-state index is 12.2. The van der Waals surface area contributed by atoms with E-state index in [2.05, 4.69) is 25.1 Å². The number of ether oxygens (including phenoxy) is 1. The van der Waals surface area contributed by atoms with Gasteiger partial charge in [-0.2, -0.15) is 23.3 Å². The molecule has 0 saturated carbocycles. The molecule has 10 heteroatoms. The van der Waals surface area contributed by atoms with Crippen LogP contribution in [0.4, 0.5) is 19.1 Å². The minimum atomic E-state index is -4.51. The molecule has 0 bridgehead atoms. The molecule has 112 valence electrons. The van der Waals surface area contributed by atoms with Gasteiger partial charge in [-0.05, 0) is 12.1 Å². The molecule has 2 heterocycles. The summed E-state index contributed by atoms with van der Waals surface area (Å²) >= 11 is 0. The van der Waals surface area contributed by atoms with E-state index in [1.807, 2.05) is 0 Å². The normalized spacial score (nSPS) is 11.2. The quantitative estimate of drug-likeness (QED) is 0.923. The highest BCUT2D eigenvalue weighted by atomic mass is 19.4. The zero-order valence-corrected chi connectivity index (χ0v) is 10.8. The van der Waals surface area contributed by atoms with E-state index in [0.717, 1.165) is 0 Å². The number of halogens is 3. The Kier molecular flexibility index (Phi) is 4.05. The number of aryl methyl sites for hydroxylation is 1. The van der Waals surface area contributed by atoms with Gasteiger partial charge in [0.25, 0.3) is 5.91 Å². The highest BCUT2D eigenvalue weighted by Crippen LogP contribution is 2.21. The van der Waals surface area contributed by atoms with Crippen LogP contribution in [0.2, 0.25) is 0 Å². The van der Waals surface area contributed by atoms with Crippen molar-refractivity contribution in [2.45, 2.75) is 6.18 Å². The first-order chi connectivity index (χ1) is 9.87. The van der Waals surface area contributed by atoms with E-state index in [1.165, 1.54) is 29.3 Å². The number of pyridine rings is 1. The monoisotopic (exact) mass is 301 g/mol. The smallest absolute Gasteiger partial charge is 0.422 e. The first-order valence-corrected chi connectivity index (χ1v) is 5.67. The number of rotatable bonds is 4. The van der Waals surface area contributed by atoms with Crippen molar-refractivity contribution in [3.8, 4) is 5.75 Å². The summed E-state index contributed by atoms with van der Waals surface area (Å²) in [6, 6.07) is 2.59. The molecule has 0 spiro atoms. The third-order valence-electron chi connectivity index (χ3n) is 2.31. The largest absolute Gasteiger partial charge is 0.482 e. The molecule has 0 aliphatic carbocycles. The molecule has 7 nitrogen and oxygen atoms in total. The minimum Gasteiger partial charge on any atom is -0.482 e. The number of carbonyl (C=O) groups excluding carboxylic acids is 1. The van der Waals surface area contributed by atoms with Crippen LogP contribution in [0, 0.1) is 0 Å². The fraction of sp³-hybridized carbons (Fsp3) is 0.273.